The molecule has 3 heteroatoms. The van der Waals surface area contributed by atoms with Gasteiger partial charge in [-0.3, -0.25) is 0 Å². The Morgan fingerprint density at radius 3 is 2.79 bits per heavy atom. The molecule has 1 unspecified atom stereocenters. The van der Waals surface area contributed by atoms with Gasteiger partial charge in [-0.15, -0.1) is 0 Å². The fourth-order valence-electron chi connectivity index (χ4n) is 1.50. The highest BCUT2D eigenvalue weighted by Gasteiger charge is 2.14. The van der Waals surface area contributed by atoms with E-state index in [1.54, 1.807) is 6.92 Å². The summed E-state index contributed by atoms with van der Waals surface area (Å²) in [4.78, 5) is 0. The summed E-state index contributed by atoms with van der Waals surface area (Å²) in [7, 11) is 0. The molecule has 4 N–H and O–H groups in total. The molecule has 2 rings (SSSR count). The van der Waals surface area contributed by atoms with Crippen LogP contribution in [-0.2, 0) is 0 Å². The molecule has 1 aromatic rings. The number of rotatable bonds is 0. The molecule has 0 aliphatic carbocycles. The van der Waals surface area contributed by atoms with Gasteiger partial charge >= 0.3 is 0 Å². The summed E-state index contributed by atoms with van der Waals surface area (Å²) in [6.45, 7) is 2.93. The number of fused-ring (bicyclic) bond motifs is 1. The third-order valence-corrected chi connectivity index (χ3v) is 2.13. The molecule has 0 fully saturated rings. The lowest BCUT2D eigenvalue weighted by atomic mass is 9.99. The zero-order chi connectivity index (χ0) is 10.4. The van der Waals surface area contributed by atoms with Crippen molar-refractivity contribution in [3.63, 3.8) is 0 Å². The number of aliphatic hydroxyl groups excluding tert-OH is 1. The van der Waals surface area contributed by atoms with Crippen LogP contribution in [0.4, 0.5) is 5.69 Å². The highest BCUT2D eigenvalue weighted by Crippen LogP contribution is 2.26. The van der Waals surface area contributed by atoms with Crippen LogP contribution in [0.1, 0.15) is 24.9 Å². The van der Waals surface area contributed by atoms with E-state index in [1.807, 2.05) is 12.1 Å². The van der Waals surface area contributed by atoms with Gasteiger partial charge in [-0.25, -0.2) is 0 Å². The second kappa shape index (κ2) is 5.62. The number of anilines is 1. The Balaban J connectivity index is 0.000000293. The third kappa shape index (κ3) is 2.72. The molecule has 1 aliphatic rings. The quantitative estimate of drug-likeness (QED) is 0.586. The van der Waals surface area contributed by atoms with E-state index >= 15 is 0 Å². The van der Waals surface area contributed by atoms with Gasteiger partial charge in [0.05, 0.1) is 0 Å². The minimum Gasteiger partial charge on any atom is -0.397 e. The first-order chi connectivity index (χ1) is 6.79. The minimum absolute atomic E-state index is 0.229. The Morgan fingerprint density at radius 2 is 2.14 bits per heavy atom. The van der Waals surface area contributed by atoms with Crippen molar-refractivity contribution in [2.45, 2.75) is 19.4 Å². The molecule has 0 saturated carbocycles. The van der Waals surface area contributed by atoms with Gasteiger partial charge in [0, 0.05) is 24.9 Å². The van der Waals surface area contributed by atoms with Gasteiger partial charge in [0.2, 0.25) is 0 Å². The highest BCUT2D eigenvalue weighted by molar-refractivity contribution is 5.54. The number of nitrogens with one attached hydrogen (secondary N) is 1. The van der Waals surface area contributed by atoms with Gasteiger partial charge in [0.1, 0.15) is 0 Å². The molecule has 1 atom stereocenters. The van der Waals surface area contributed by atoms with Crippen LogP contribution in [-0.4, -0.2) is 18.3 Å². The Kier molecular flexibility index (Phi) is 4.43. The molecule has 0 aromatic heterocycles. The molecule has 0 saturated heterocycles. The van der Waals surface area contributed by atoms with Gasteiger partial charge in [0.25, 0.3) is 0 Å². The van der Waals surface area contributed by atoms with E-state index in [-0.39, 0.29) is 12.6 Å². The number of para-hydroxylation sites is 1. The Morgan fingerprint density at radius 1 is 1.50 bits per heavy atom. The number of hydrogen-bond donors (Lipinski definition) is 3. The lowest BCUT2D eigenvalue weighted by molar-refractivity contribution is 0.318. The van der Waals surface area contributed by atoms with Gasteiger partial charge in [-0.1, -0.05) is 18.2 Å². The molecule has 1 aromatic carbocycles. The molecule has 0 radical (unpaired) electrons. The number of nitrogens with two attached hydrogens (primary N) is 1. The minimum atomic E-state index is 0.229. The molecule has 0 spiro atoms. The van der Waals surface area contributed by atoms with E-state index in [9.17, 15) is 0 Å². The van der Waals surface area contributed by atoms with E-state index in [0.717, 1.165) is 13.0 Å². The highest BCUT2D eigenvalue weighted by atomic mass is 16.2. The fraction of sp³-hybridized carbons (Fsp3) is 0.455. The van der Waals surface area contributed by atoms with Crippen molar-refractivity contribution in [1.29, 1.82) is 0 Å². The summed E-state index contributed by atoms with van der Waals surface area (Å²) in [5.41, 5.74) is 8.36. The SMILES string of the molecule is CCO.NC1CCNc2ccccc21. The molecular formula is C11H18N2O. The molecule has 0 amide bonds. The molecule has 14 heavy (non-hydrogen) atoms. The van der Waals surface area contributed by atoms with Crippen LogP contribution >= 0.6 is 0 Å². The Hall–Kier alpha value is -1.06. The molecule has 3 nitrogen and oxygen atoms in total. The number of aliphatic hydroxyl groups is 1. The van der Waals surface area contributed by atoms with Crippen LogP contribution < -0.4 is 11.1 Å². The maximum atomic E-state index is 7.57. The Bertz CT molecular complexity index is 276. The molecule has 1 aliphatic heterocycles. The van der Waals surface area contributed by atoms with Crippen molar-refractivity contribution >= 4 is 5.69 Å². The Labute approximate surface area is 84.9 Å². The zero-order valence-corrected chi connectivity index (χ0v) is 8.53. The van der Waals surface area contributed by atoms with Crippen LogP contribution in [0.5, 0.6) is 0 Å². The van der Waals surface area contributed by atoms with Crippen molar-refractivity contribution < 1.29 is 5.11 Å². The van der Waals surface area contributed by atoms with Gasteiger partial charge in [0.15, 0.2) is 0 Å². The topological polar surface area (TPSA) is 58.3 Å². The standard InChI is InChI=1S/C9H12N2.C2H6O/c10-8-5-6-11-9-4-2-1-3-7(8)9;1-2-3/h1-4,8,11H,5-6,10H2;3H,2H2,1H3. The van der Waals surface area contributed by atoms with Crippen LogP contribution in [0.15, 0.2) is 24.3 Å². The van der Waals surface area contributed by atoms with Crippen LogP contribution in [0.25, 0.3) is 0 Å². The molecule has 78 valence electrons. The largest absolute Gasteiger partial charge is 0.397 e. The second-order valence-corrected chi connectivity index (χ2v) is 3.23. The van der Waals surface area contributed by atoms with E-state index in [1.165, 1.54) is 11.3 Å². The normalized spacial score (nSPS) is 18.6. The summed E-state index contributed by atoms with van der Waals surface area (Å²) in [6, 6.07) is 8.46. The van der Waals surface area contributed by atoms with Crippen LogP contribution in [0.2, 0.25) is 0 Å². The molecule has 1 heterocycles. The lowest BCUT2D eigenvalue weighted by Gasteiger charge is -2.23. The third-order valence-electron chi connectivity index (χ3n) is 2.13. The summed E-state index contributed by atoms with van der Waals surface area (Å²) in [6.07, 6.45) is 1.04. The zero-order valence-electron chi connectivity index (χ0n) is 8.53. The van der Waals surface area contributed by atoms with Gasteiger partial charge in [-0.2, -0.15) is 0 Å². The monoisotopic (exact) mass is 194 g/mol. The van der Waals surface area contributed by atoms with Crippen molar-refractivity contribution in [2.24, 2.45) is 5.73 Å². The van der Waals surface area contributed by atoms with Crippen molar-refractivity contribution in [3.05, 3.63) is 29.8 Å². The van der Waals surface area contributed by atoms with Crippen LogP contribution in [0.3, 0.4) is 0 Å². The fourth-order valence-corrected chi connectivity index (χ4v) is 1.50. The van der Waals surface area contributed by atoms with E-state index in [4.69, 9.17) is 10.8 Å². The second-order valence-electron chi connectivity index (χ2n) is 3.23. The maximum Gasteiger partial charge on any atom is 0.0402 e. The van der Waals surface area contributed by atoms with Crippen molar-refractivity contribution in [3.8, 4) is 0 Å². The van der Waals surface area contributed by atoms with Crippen LogP contribution in [0, 0.1) is 0 Å². The predicted octanol–water partition coefficient (Wildman–Crippen LogP) is 1.50. The van der Waals surface area contributed by atoms with E-state index in [2.05, 4.69) is 17.4 Å². The van der Waals surface area contributed by atoms with Gasteiger partial charge in [-0.05, 0) is 25.0 Å². The molecule has 0 bridgehead atoms. The number of hydrogen-bond acceptors (Lipinski definition) is 3. The van der Waals surface area contributed by atoms with Crippen molar-refractivity contribution in [1.82, 2.24) is 0 Å². The first-order valence-corrected chi connectivity index (χ1v) is 4.98. The van der Waals surface area contributed by atoms with Gasteiger partial charge < -0.3 is 16.2 Å². The lowest BCUT2D eigenvalue weighted by Crippen LogP contribution is -2.22. The first kappa shape index (κ1) is 11.0. The van der Waals surface area contributed by atoms with E-state index in [0.29, 0.717) is 0 Å². The first-order valence-electron chi connectivity index (χ1n) is 4.98. The summed E-state index contributed by atoms with van der Waals surface area (Å²) in [5.74, 6) is 0. The summed E-state index contributed by atoms with van der Waals surface area (Å²) >= 11 is 0. The average molecular weight is 194 g/mol. The predicted molar refractivity (Wildman–Crippen MR) is 59.2 cm³/mol. The summed E-state index contributed by atoms with van der Waals surface area (Å²) in [5, 5.41) is 10.9. The average Bonchev–Trinajstić information content (AvgIpc) is 2.20. The summed E-state index contributed by atoms with van der Waals surface area (Å²) < 4.78 is 0. The maximum absolute atomic E-state index is 7.57. The number of benzene rings is 1. The van der Waals surface area contributed by atoms with Crippen molar-refractivity contribution in [2.75, 3.05) is 18.5 Å². The molecular weight excluding hydrogens is 176 g/mol. The smallest absolute Gasteiger partial charge is 0.0402 e. The van der Waals surface area contributed by atoms with E-state index < -0.39 is 0 Å².